The molecular weight excluding hydrogens is 236 g/mol. The van der Waals surface area contributed by atoms with Gasteiger partial charge < -0.3 is 10.2 Å². The molecule has 0 saturated carbocycles. The number of rotatable bonds is 4. The fourth-order valence-electron chi connectivity index (χ4n) is 2.62. The van der Waals surface area contributed by atoms with Gasteiger partial charge in [-0.25, -0.2) is 0 Å². The van der Waals surface area contributed by atoms with E-state index in [1.807, 2.05) is 31.2 Å². The Balaban J connectivity index is 1.94. The quantitative estimate of drug-likeness (QED) is 0.902. The second kappa shape index (κ2) is 5.74. The van der Waals surface area contributed by atoms with Gasteiger partial charge in [-0.05, 0) is 58.8 Å². The third kappa shape index (κ3) is 4.06. The van der Waals surface area contributed by atoms with Crippen molar-refractivity contribution < 1.29 is 4.79 Å². The molecule has 104 valence electrons. The standard InChI is InChI=1S/C16H24N2O/c1-13-6-8-14(9-7-13)15(19)17-16(2,3)12-18-10-4-5-11-18/h6-9H,4-5,10-12H2,1-3H3,(H,17,19). The van der Waals surface area contributed by atoms with Gasteiger partial charge in [-0.2, -0.15) is 0 Å². The van der Waals surface area contributed by atoms with Crippen LogP contribution in [0.15, 0.2) is 24.3 Å². The first-order chi connectivity index (χ1) is 8.96. The average molecular weight is 260 g/mol. The summed E-state index contributed by atoms with van der Waals surface area (Å²) in [7, 11) is 0. The number of nitrogens with zero attached hydrogens (tertiary/aromatic N) is 1. The molecule has 1 saturated heterocycles. The minimum atomic E-state index is -0.188. The molecule has 2 rings (SSSR count). The lowest BCUT2D eigenvalue weighted by molar-refractivity contribution is 0.0894. The summed E-state index contributed by atoms with van der Waals surface area (Å²) in [4.78, 5) is 14.6. The Morgan fingerprint density at radius 3 is 2.37 bits per heavy atom. The van der Waals surface area contributed by atoms with E-state index < -0.39 is 0 Å². The molecule has 1 heterocycles. The molecule has 0 aromatic heterocycles. The Morgan fingerprint density at radius 2 is 1.79 bits per heavy atom. The SMILES string of the molecule is Cc1ccc(C(=O)NC(C)(C)CN2CCCC2)cc1. The van der Waals surface area contributed by atoms with Gasteiger partial charge in [-0.15, -0.1) is 0 Å². The third-order valence-electron chi connectivity index (χ3n) is 3.58. The van der Waals surface area contributed by atoms with E-state index in [1.54, 1.807) is 0 Å². The third-order valence-corrected chi connectivity index (χ3v) is 3.58. The normalized spacial score (nSPS) is 16.6. The highest BCUT2D eigenvalue weighted by Crippen LogP contribution is 2.14. The van der Waals surface area contributed by atoms with Crippen LogP contribution in [0, 0.1) is 6.92 Å². The van der Waals surface area contributed by atoms with Crippen molar-refractivity contribution in [2.24, 2.45) is 0 Å². The molecule has 0 unspecified atom stereocenters. The summed E-state index contributed by atoms with van der Waals surface area (Å²) in [5, 5.41) is 3.14. The molecule has 1 aliphatic heterocycles. The van der Waals surface area contributed by atoms with Crippen molar-refractivity contribution >= 4 is 5.91 Å². The summed E-state index contributed by atoms with van der Waals surface area (Å²) in [5.74, 6) is 0.0178. The van der Waals surface area contributed by atoms with Gasteiger partial charge in [0.05, 0.1) is 0 Å². The summed E-state index contributed by atoms with van der Waals surface area (Å²) in [6, 6.07) is 7.72. The number of benzene rings is 1. The van der Waals surface area contributed by atoms with Crippen molar-refractivity contribution in [3.8, 4) is 0 Å². The van der Waals surface area contributed by atoms with Crippen molar-refractivity contribution in [1.29, 1.82) is 0 Å². The fourth-order valence-corrected chi connectivity index (χ4v) is 2.62. The first kappa shape index (κ1) is 14.1. The Hall–Kier alpha value is -1.35. The van der Waals surface area contributed by atoms with Gasteiger partial charge in [0.25, 0.3) is 5.91 Å². The average Bonchev–Trinajstić information content (AvgIpc) is 2.81. The van der Waals surface area contributed by atoms with Crippen molar-refractivity contribution in [2.75, 3.05) is 19.6 Å². The number of carbonyl (C=O) groups excluding carboxylic acids is 1. The largest absolute Gasteiger partial charge is 0.346 e. The topological polar surface area (TPSA) is 32.3 Å². The zero-order chi connectivity index (χ0) is 13.9. The van der Waals surface area contributed by atoms with Crippen molar-refractivity contribution in [3.63, 3.8) is 0 Å². The minimum absolute atomic E-state index is 0.0178. The molecule has 1 aromatic rings. The van der Waals surface area contributed by atoms with Gasteiger partial charge in [0.1, 0.15) is 0 Å². The number of amides is 1. The molecule has 0 spiro atoms. The van der Waals surface area contributed by atoms with Crippen molar-refractivity contribution in [3.05, 3.63) is 35.4 Å². The number of hydrogen-bond acceptors (Lipinski definition) is 2. The molecule has 0 aliphatic carbocycles. The lowest BCUT2D eigenvalue weighted by Gasteiger charge is -2.31. The van der Waals surface area contributed by atoms with E-state index >= 15 is 0 Å². The van der Waals surface area contributed by atoms with Crippen molar-refractivity contribution in [2.45, 2.75) is 39.2 Å². The Bertz CT molecular complexity index is 431. The second-order valence-electron chi connectivity index (χ2n) is 6.19. The Labute approximate surface area is 116 Å². The van der Waals surface area contributed by atoms with E-state index in [0.29, 0.717) is 0 Å². The van der Waals surface area contributed by atoms with Crippen LogP contribution in [0.3, 0.4) is 0 Å². The van der Waals surface area contributed by atoms with Gasteiger partial charge in [0, 0.05) is 17.6 Å². The number of aryl methyl sites for hydroxylation is 1. The van der Waals surface area contributed by atoms with Gasteiger partial charge in [-0.3, -0.25) is 4.79 Å². The predicted molar refractivity (Wildman–Crippen MR) is 78.4 cm³/mol. The molecule has 1 aliphatic rings. The Kier molecular flexibility index (Phi) is 4.25. The van der Waals surface area contributed by atoms with Crippen LogP contribution in [0.4, 0.5) is 0 Å². The first-order valence-corrected chi connectivity index (χ1v) is 7.08. The van der Waals surface area contributed by atoms with Crippen LogP contribution >= 0.6 is 0 Å². The van der Waals surface area contributed by atoms with Crippen LogP contribution in [0.25, 0.3) is 0 Å². The van der Waals surface area contributed by atoms with Crippen LogP contribution < -0.4 is 5.32 Å². The van der Waals surface area contributed by atoms with E-state index in [9.17, 15) is 4.79 Å². The highest BCUT2D eigenvalue weighted by Gasteiger charge is 2.25. The Morgan fingerprint density at radius 1 is 1.21 bits per heavy atom. The van der Waals surface area contributed by atoms with E-state index in [1.165, 1.54) is 18.4 Å². The summed E-state index contributed by atoms with van der Waals surface area (Å²) in [6.07, 6.45) is 2.56. The van der Waals surface area contributed by atoms with Gasteiger partial charge in [-0.1, -0.05) is 17.7 Å². The van der Waals surface area contributed by atoms with Gasteiger partial charge >= 0.3 is 0 Å². The van der Waals surface area contributed by atoms with Crippen molar-refractivity contribution in [1.82, 2.24) is 10.2 Å². The summed E-state index contributed by atoms with van der Waals surface area (Å²) in [6.45, 7) is 9.45. The molecule has 1 amide bonds. The van der Waals surface area contributed by atoms with Gasteiger partial charge in [0.2, 0.25) is 0 Å². The van der Waals surface area contributed by atoms with E-state index in [2.05, 4.69) is 24.1 Å². The number of likely N-dealkylation sites (tertiary alicyclic amines) is 1. The van der Waals surface area contributed by atoms with Crippen LogP contribution in [-0.2, 0) is 0 Å². The number of nitrogens with one attached hydrogen (secondary N) is 1. The zero-order valence-electron chi connectivity index (χ0n) is 12.2. The molecule has 0 radical (unpaired) electrons. The maximum Gasteiger partial charge on any atom is 0.251 e. The molecule has 1 N–H and O–H groups in total. The smallest absolute Gasteiger partial charge is 0.251 e. The number of carbonyl (C=O) groups is 1. The predicted octanol–water partition coefficient (Wildman–Crippen LogP) is 2.60. The highest BCUT2D eigenvalue weighted by molar-refractivity contribution is 5.94. The van der Waals surface area contributed by atoms with Crippen LogP contribution in [0.5, 0.6) is 0 Å². The lowest BCUT2D eigenvalue weighted by Crippen LogP contribution is -2.50. The van der Waals surface area contributed by atoms with E-state index in [0.717, 1.165) is 25.2 Å². The molecule has 1 aromatic carbocycles. The zero-order valence-corrected chi connectivity index (χ0v) is 12.2. The lowest BCUT2D eigenvalue weighted by atomic mass is 10.0. The molecule has 0 bridgehead atoms. The maximum atomic E-state index is 12.2. The van der Waals surface area contributed by atoms with Gasteiger partial charge in [0.15, 0.2) is 0 Å². The highest BCUT2D eigenvalue weighted by atomic mass is 16.1. The fraction of sp³-hybridized carbons (Fsp3) is 0.562. The molecule has 0 atom stereocenters. The summed E-state index contributed by atoms with van der Waals surface area (Å²) in [5.41, 5.74) is 1.72. The molecular formula is C16H24N2O. The van der Waals surface area contributed by atoms with Crippen LogP contribution in [0.1, 0.15) is 42.6 Å². The maximum absolute atomic E-state index is 12.2. The summed E-state index contributed by atoms with van der Waals surface area (Å²) >= 11 is 0. The molecule has 3 heteroatoms. The molecule has 1 fully saturated rings. The van der Waals surface area contributed by atoms with Crippen LogP contribution in [-0.4, -0.2) is 36.0 Å². The summed E-state index contributed by atoms with van der Waals surface area (Å²) < 4.78 is 0. The number of hydrogen-bond donors (Lipinski definition) is 1. The monoisotopic (exact) mass is 260 g/mol. The second-order valence-corrected chi connectivity index (χ2v) is 6.19. The van der Waals surface area contributed by atoms with E-state index in [4.69, 9.17) is 0 Å². The van der Waals surface area contributed by atoms with Crippen LogP contribution in [0.2, 0.25) is 0 Å². The van der Waals surface area contributed by atoms with E-state index in [-0.39, 0.29) is 11.4 Å². The molecule has 19 heavy (non-hydrogen) atoms. The minimum Gasteiger partial charge on any atom is -0.346 e. The molecule has 3 nitrogen and oxygen atoms in total. The first-order valence-electron chi connectivity index (χ1n) is 7.08.